The average Bonchev–Trinajstić information content (AvgIpc) is 2.10. The fourth-order valence-corrected chi connectivity index (χ4v) is 1.39. The molecule has 0 amide bonds. The fourth-order valence-electron chi connectivity index (χ4n) is 0.928. The maximum Gasteiger partial charge on any atom is 0.573 e. The zero-order chi connectivity index (χ0) is 11.6. The van der Waals surface area contributed by atoms with Crippen LogP contribution in [0.15, 0.2) is 10.7 Å². The van der Waals surface area contributed by atoms with E-state index in [-0.39, 0.29) is 22.4 Å². The molecule has 15 heavy (non-hydrogen) atoms. The van der Waals surface area contributed by atoms with Crippen molar-refractivity contribution in [2.24, 2.45) is 5.73 Å². The summed E-state index contributed by atoms with van der Waals surface area (Å²) >= 11 is 2.98. The Morgan fingerprint density at radius 2 is 2.07 bits per heavy atom. The van der Waals surface area contributed by atoms with E-state index in [0.717, 1.165) is 6.20 Å². The van der Waals surface area contributed by atoms with E-state index in [1.54, 1.807) is 0 Å². The quantitative estimate of drug-likeness (QED) is 0.869. The van der Waals surface area contributed by atoms with Crippen LogP contribution in [0.2, 0.25) is 0 Å². The van der Waals surface area contributed by atoms with E-state index in [1.807, 2.05) is 0 Å². The lowest BCUT2D eigenvalue weighted by Gasteiger charge is -2.13. The molecule has 0 atom stereocenters. The van der Waals surface area contributed by atoms with Crippen molar-refractivity contribution in [3.63, 3.8) is 0 Å². The van der Waals surface area contributed by atoms with Gasteiger partial charge in [-0.25, -0.2) is 4.98 Å². The van der Waals surface area contributed by atoms with Crippen LogP contribution in [0.4, 0.5) is 19.0 Å². The summed E-state index contributed by atoms with van der Waals surface area (Å²) < 4.78 is 39.8. The Bertz CT molecular complexity index is 369. The topological polar surface area (TPSA) is 74.2 Å². The van der Waals surface area contributed by atoms with Crippen molar-refractivity contribution in [2.75, 3.05) is 5.73 Å². The third-order valence-electron chi connectivity index (χ3n) is 1.54. The molecule has 4 N–H and O–H groups in total. The molecule has 0 aliphatic heterocycles. The largest absolute Gasteiger partial charge is 0.573 e. The highest BCUT2D eigenvalue weighted by Gasteiger charge is 2.32. The van der Waals surface area contributed by atoms with Crippen molar-refractivity contribution in [3.8, 4) is 5.75 Å². The Morgan fingerprint density at radius 3 is 2.53 bits per heavy atom. The molecule has 0 bridgehead atoms. The molecule has 0 aromatic carbocycles. The van der Waals surface area contributed by atoms with E-state index in [2.05, 4.69) is 25.7 Å². The standard InChI is InChI=1S/C7H7BrF3N3O/c8-5-3(1-12)4(2-14-6(5)13)15-7(9,10)11/h2H,1,12H2,(H2,13,14). The summed E-state index contributed by atoms with van der Waals surface area (Å²) in [6.45, 7) is -0.140. The molecule has 84 valence electrons. The first-order valence-corrected chi connectivity index (χ1v) is 4.53. The number of ether oxygens (including phenoxy) is 1. The summed E-state index contributed by atoms with van der Waals surface area (Å²) in [6, 6.07) is 0. The van der Waals surface area contributed by atoms with Crippen molar-refractivity contribution in [1.82, 2.24) is 4.98 Å². The number of nitrogen functional groups attached to an aromatic ring is 1. The number of hydrogen-bond donors (Lipinski definition) is 2. The molecule has 0 aliphatic carbocycles. The van der Waals surface area contributed by atoms with Crippen LogP contribution >= 0.6 is 15.9 Å². The number of hydrogen-bond acceptors (Lipinski definition) is 4. The highest BCUT2D eigenvalue weighted by molar-refractivity contribution is 9.10. The number of anilines is 1. The van der Waals surface area contributed by atoms with Gasteiger partial charge in [-0.2, -0.15) is 0 Å². The van der Waals surface area contributed by atoms with Crippen molar-refractivity contribution in [1.29, 1.82) is 0 Å². The minimum Gasteiger partial charge on any atom is -0.404 e. The molecule has 0 fully saturated rings. The maximum absolute atomic E-state index is 12.0. The molecule has 1 aromatic rings. The summed E-state index contributed by atoms with van der Waals surface area (Å²) in [5.41, 5.74) is 10.8. The second-order valence-corrected chi connectivity index (χ2v) is 3.35. The number of halogens is 4. The van der Waals surface area contributed by atoms with Crippen LogP contribution in [0, 0.1) is 0 Å². The highest BCUT2D eigenvalue weighted by Crippen LogP contribution is 2.32. The van der Waals surface area contributed by atoms with E-state index < -0.39 is 12.1 Å². The van der Waals surface area contributed by atoms with Gasteiger partial charge in [0.15, 0.2) is 5.75 Å². The Balaban J connectivity index is 3.14. The van der Waals surface area contributed by atoms with Crippen LogP contribution in [-0.4, -0.2) is 11.3 Å². The van der Waals surface area contributed by atoms with Crippen molar-refractivity contribution < 1.29 is 17.9 Å². The summed E-state index contributed by atoms with van der Waals surface area (Å²) in [4.78, 5) is 3.52. The summed E-state index contributed by atoms with van der Waals surface area (Å²) in [7, 11) is 0. The van der Waals surface area contributed by atoms with Crippen LogP contribution in [0.25, 0.3) is 0 Å². The molecule has 1 heterocycles. The zero-order valence-electron chi connectivity index (χ0n) is 7.31. The van der Waals surface area contributed by atoms with Gasteiger partial charge in [0.2, 0.25) is 0 Å². The smallest absolute Gasteiger partial charge is 0.404 e. The van der Waals surface area contributed by atoms with Gasteiger partial charge in [0.25, 0.3) is 0 Å². The van der Waals surface area contributed by atoms with E-state index in [0.29, 0.717) is 0 Å². The predicted molar refractivity (Wildman–Crippen MR) is 50.9 cm³/mol. The van der Waals surface area contributed by atoms with Gasteiger partial charge in [-0.15, -0.1) is 13.2 Å². The molecule has 0 saturated heterocycles. The molecule has 1 rings (SSSR count). The molecular formula is C7H7BrF3N3O. The average molecular weight is 286 g/mol. The Hall–Kier alpha value is -1.02. The predicted octanol–water partition coefficient (Wildman–Crippen LogP) is 1.78. The Kier molecular flexibility index (Phi) is 3.40. The number of nitrogens with zero attached hydrogens (tertiary/aromatic N) is 1. The second-order valence-electron chi connectivity index (χ2n) is 2.55. The third kappa shape index (κ3) is 2.96. The lowest BCUT2D eigenvalue weighted by atomic mass is 10.2. The lowest BCUT2D eigenvalue weighted by Crippen LogP contribution is -2.19. The van der Waals surface area contributed by atoms with Gasteiger partial charge < -0.3 is 16.2 Å². The first-order valence-electron chi connectivity index (χ1n) is 3.74. The number of rotatable bonds is 2. The van der Waals surface area contributed by atoms with Crippen LogP contribution in [-0.2, 0) is 6.54 Å². The molecule has 1 aromatic heterocycles. The molecule has 4 nitrogen and oxygen atoms in total. The van der Waals surface area contributed by atoms with Crippen molar-refractivity contribution in [3.05, 3.63) is 16.2 Å². The molecule has 0 saturated carbocycles. The van der Waals surface area contributed by atoms with Gasteiger partial charge in [-0.05, 0) is 15.9 Å². The van der Waals surface area contributed by atoms with Crippen LogP contribution in [0.5, 0.6) is 5.75 Å². The van der Waals surface area contributed by atoms with Gasteiger partial charge in [0.05, 0.1) is 10.7 Å². The van der Waals surface area contributed by atoms with Crippen molar-refractivity contribution in [2.45, 2.75) is 12.9 Å². The van der Waals surface area contributed by atoms with Gasteiger partial charge in [0.1, 0.15) is 5.82 Å². The molecule has 0 unspecified atom stereocenters. The van der Waals surface area contributed by atoms with E-state index in [9.17, 15) is 13.2 Å². The van der Waals surface area contributed by atoms with Crippen LogP contribution in [0.1, 0.15) is 5.56 Å². The highest BCUT2D eigenvalue weighted by atomic mass is 79.9. The molecular weight excluding hydrogens is 279 g/mol. The van der Waals surface area contributed by atoms with Crippen LogP contribution < -0.4 is 16.2 Å². The first-order chi connectivity index (χ1) is 6.85. The normalized spacial score (nSPS) is 11.5. The van der Waals surface area contributed by atoms with E-state index in [1.165, 1.54) is 0 Å². The van der Waals surface area contributed by atoms with Gasteiger partial charge >= 0.3 is 6.36 Å². The summed E-state index contributed by atoms with van der Waals surface area (Å²) in [5, 5.41) is 0. The molecule has 0 spiro atoms. The zero-order valence-corrected chi connectivity index (χ0v) is 8.89. The maximum atomic E-state index is 12.0. The number of aromatic nitrogens is 1. The monoisotopic (exact) mass is 285 g/mol. The minimum atomic E-state index is -4.78. The van der Waals surface area contributed by atoms with Gasteiger partial charge in [-0.3, -0.25) is 0 Å². The third-order valence-corrected chi connectivity index (χ3v) is 2.42. The van der Waals surface area contributed by atoms with Gasteiger partial charge in [-0.1, -0.05) is 0 Å². The van der Waals surface area contributed by atoms with E-state index in [4.69, 9.17) is 11.5 Å². The summed E-state index contributed by atoms with van der Waals surface area (Å²) in [6.07, 6.45) is -3.89. The lowest BCUT2D eigenvalue weighted by molar-refractivity contribution is -0.275. The van der Waals surface area contributed by atoms with Crippen molar-refractivity contribution >= 4 is 21.7 Å². The van der Waals surface area contributed by atoms with Gasteiger partial charge in [0, 0.05) is 12.1 Å². The van der Waals surface area contributed by atoms with Crippen LogP contribution in [0.3, 0.4) is 0 Å². The SMILES string of the molecule is NCc1c(OC(F)(F)F)cnc(N)c1Br. The number of alkyl halides is 3. The Labute approximate surface area is 91.5 Å². The molecule has 8 heteroatoms. The minimum absolute atomic E-state index is 0.0602. The fraction of sp³-hybridized carbons (Fsp3) is 0.286. The first kappa shape index (κ1) is 12.1. The summed E-state index contributed by atoms with van der Waals surface area (Å²) in [5.74, 6) is -0.393. The number of pyridine rings is 1. The molecule has 0 aliphatic rings. The Morgan fingerprint density at radius 1 is 1.47 bits per heavy atom. The number of nitrogens with two attached hydrogens (primary N) is 2. The van der Waals surface area contributed by atoms with E-state index >= 15 is 0 Å². The second kappa shape index (κ2) is 4.23. The molecule has 0 radical (unpaired) electrons.